The van der Waals surface area contributed by atoms with Crippen LogP contribution in [0.25, 0.3) is 0 Å². The summed E-state index contributed by atoms with van der Waals surface area (Å²) in [6.45, 7) is 1.64. The lowest BCUT2D eigenvalue weighted by molar-refractivity contribution is -0.120. The highest BCUT2D eigenvalue weighted by molar-refractivity contribution is 5.91. The zero-order valence-corrected chi connectivity index (χ0v) is 16.3. The van der Waals surface area contributed by atoms with Gasteiger partial charge in [-0.2, -0.15) is 0 Å². The van der Waals surface area contributed by atoms with Gasteiger partial charge in [-0.25, -0.2) is 4.98 Å². The molecule has 0 aliphatic carbocycles. The second-order valence-electron chi connectivity index (χ2n) is 5.92. The zero-order chi connectivity index (χ0) is 17.6. The first kappa shape index (κ1) is 22.5. The molecule has 2 aromatic rings. The van der Waals surface area contributed by atoms with Crippen LogP contribution in [-0.2, 0) is 16.0 Å². The molecule has 1 fully saturated rings. The van der Waals surface area contributed by atoms with Gasteiger partial charge in [-0.3, -0.25) is 9.59 Å². The molecule has 7 nitrogen and oxygen atoms in total. The van der Waals surface area contributed by atoms with Crippen LogP contribution >= 0.6 is 24.8 Å². The van der Waals surface area contributed by atoms with Crippen LogP contribution in [-0.4, -0.2) is 36.4 Å². The average molecular weight is 412 g/mol. The summed E-state index contributed by atoms with van der Waals surface area (Å²) >= 11 is 0. The molecule has 4 N–H and O–H groups in total. The van der Waals surface area contributed by atoms with E-state index in [1.807, 2.05) is 35.2 Å². The van der Waals surface area contributed by atoms with Gasteiger partial charge in [0.15, 0.2) is 0 Å². The molecule has 146 valence electrons. The van der Waals surface area contributed by atoms with E-state index in [1.54, 1.807) is 12.3 Å². The van der Waals surface area contributed by atoms with Gasteiger partial charge in [-0.05, 0) is 30.2 Å². The number of amides is 2. The van der Waals surface area contributed by atoms with Gasteiger partial charge >= 0.3 is 0 Å². The Morgan fingerprint density at radius 1 is 1.22 bits per heavy atom. The summed E-state index contributed by atoms with van der Waals surface area (Å²) in [6, 6.07) is 11.1. The van der Waals surface area contributed by atoms with Gasteiger partial charge in [0.05, 0.1) is 18.4 Å². The molecule has 2 amide bonds. The highest BCUT2D eigenvalue weighted by Gasteiger charge is 2.17. The van der Waals surface area contributed by atoms with E-state index in [0.717, 1.165) is 17.9 Å². The monoisotopic (exact) mass is 411 g/mol. The van der Waals surface area contributed by atoms with Crippen molar-refractivity contribution in [3.05, 3.63) is 48.2 Å². The maximum Gasteiger partial charge on any atom is 0.239 e. The Kier molecular flexibility index (Phi) is 8.84. The predicted molar refractivity (Wildman–Crippen MR) is 112 cm³/mol. The van der Waals surface area contributed by atoms with E-state index in [-0.39, 0.29) is 36.6 Å². The number of aryl methyl sites for hydroxylation is 1. The highest BCUT2D eigenvalue weighted by atomic mass is 35.5. The molecule has 1 aliphatic rings. The van der Waals surface area contributed by atoms with Gasteiger partial charge in [0.25, 0.3) is 0 Å². The molecular formula is C18H23Cl2N5O2. The van der Waals surface area contributed by atoms with Gasteiger partial charge in [0.2, 0.25) is 11.8 Å². The van der Waals surface area contributed by atoms with Crippen molar-refractivity contribution in [1.29, 1.82) is 0 Å². The maximum atomic E-state index is 12.1. The summed E-state index contributed by atoms with van der Waals surface area (Å²) in [5, 5.41) is 5.61. The quantitative estimate of drug-likeness (QED) is 0.653. The Morgan fingerprint density at radius 2 is 2.00 bits per heavy atom. The van der Waals surface area contributed by atoms with Gasteiger partial charge in [-0.1, -0.05) is 18.2 Å². The molecular weight excluding hydrogens is 389 g/mol. The summed E-state index contributed by atoms with van der Waals surface area (Å²) in [7, 11) is 0. The molecule has 2 heterocycles. The maximum absolute atomic E-state index is 12.1. The molecule has 1 aromatic heterocycles. The third kappa shape index (κ3) is 6.30. The third-order valence-corrected chi connectivity index (χ3v) is 4.07. The topological polar surface area (TPSA) is 100 Å². The predicted octanol–water partition coefficient (Wildman–Crippen LogP) is 2.01. The number of para-hydroxylation sites is 1. The second kappa shape index (κ2) is 10.6. The van der Waals surface area contributed by atoms with E-state index >= 15 is 0 Å². The van der Waals surface area contributed by atoms with E-state index < -0.39 is 0 Å². The van der Waals surface area contributed by atoms with Crippen LogP contribution in [0.15, 0.2) is 42.6 Å². The van der Waals surface area contributed by atoms with Crippen LogP contribution in [0, 0.1) is 0 Å². The molecule has 0 spiro atoms. The van der Waals surface area contributed by atoms with Crippen LogP contribution in [0.2, 0.25) is 0 Å². The lowest BCUT2D eigenvalue weighted by Gasteiger charge is -2.27. The molecule has 9 heteroatoms. The number of nitrogens with two attached hydrogens (primary N) is 1. The SMILES string of the molecule is Cl.Cl.Nc1ccccc1CCC(=O)Nc1ccc(N2CCNC(=O)C2)nc1. The smallest absolute Gasteiger partial charge is 0.239 e. The third-order valence-electron chi connectivity index (χ3n) is 4.07. The standard InChI is InChI=1S/C18H21N5O2.2ClH/c19-15-4-2-1-3-13(15)5-8-17(24)22-14-6-7-16(21-11-14)23-10-9-20-18(25)12-23;;/h1-4,6-7,11H,5,8-10,12,19H2,(H,20,25)(H,22,24);2*1H. The number of halogens is 2. The van der Waals surface area contributed by atoms with E-state index in [9.17, 15) is 9.59 Å². The molecule has 0 radical (unpaired) electrons. The van der Waals surface area contributed by atoms with Crippen LogP contribution in [0.5, 0.6) is 0 Å². The lowest BCUT2D eigenvalue weighted by atomic mass is 10.1. The Balaban J connectivity index is 0.00000182. The summed E-state index contributed by atoms with van der Waals surface area (Å²) in [6.07, 6.45) is 2.55. The van der Waals surface area contributed by atoms with Crippen LogP contribution in [0.1, 0.15) is 12.0 Å². The van der Waals surface area contributed by atoms with E-state index in [2.05, 4.69) is 15.6 Å². The van der Waals surface area contributed by atoms with Crippen molar-refractivity contribution in [2.24, 2.45) is 0 Å². The number of hydrogen-bond donors (Lipinski definition) is 3. The molecule has 1 aromatic carbocycles. The number of carbonyl (C=O) groups is 2. The Hall–Kier alpha value is -2.51. The number of rotatable bonds is 5. The number of nitrogens with zero attached hydrogens (tertiary/aromatic N) is 2. The fourth-order valence-electron chi connectivity index (χ4n) is 2.71. The van der Waals surface area contributed by atoms with Gasteiger partial charge in [-0.15, -0.1) is 24.8 Å². The first-order valence-electron chi connectivity index (χ1n) is 8.23. The van der Waals surface area contributed by atoms with Crippen LogP contribution < -0.4 is 21.3 Å². The zero-order valence-electron chi connectivity index (χ0n) is 14.7. The fourth-order valence-corrected chi connectivity index (χ4v) is 2.71. The number of carbonyl (C=O) groups excluding carboxylic acids is 2. The van der Waals surface area contributed by atoms with Crippen molar-refractivity contribution in [2.45, 2.75) is 12.8 Å². The number of piperazine rings is 1. The van der Waals surface area contributed by atoms with Crippen molar-refractivity contribution >= 4 is 53.8 Å². The number of hydrogen-bond acceptors (Lipinski definition) is 5. The number of nitrogens with one attached hydrogen (secondary N) is 2. The first-order chi connectivity index (χ1) is 12.1. The molecule has 0 bridgehead atoms. The van der Waals surface area contributed by atoms with Gasteiger partial charge < -0.3 is 21.3 Å². The fraction of sp³-hybridized carbons (Fsp3) is 0.278. The molecule has 0 unspecified atom stereocenters. The summed E-state index contributed by atoms with van der Waals surface area (Å²) < 4.78 is 0. The van der Waals surface area contributed by atoms with E-state index in [4.69, 9.17) is 5.73 Å². The van der Waals surface area contributed by atoms with Gasteiger partial charge in [0.1, 0.15) is 5.82 Å². The number of anilines is 3. The van der Waals surface area contributed by atoms with Gasteiger partial charge in [0, 0.05) is 25.2 Å². The van der Waals surface area contributed by atoms with E-state index in [1.165, 1.54) is 0 Å². The summed E-state index contributed by atoms with van der Waals surface area (Å²) in [5.41, 5.74) is 8.19. The number of nitrogen functional groups attached to an aromatic ring is 1. The molecule has 1 saturated heterocycles. The molecule has 3 rings (SSSR count). The van der Waals surface area contributed by atoms with Crippen molar-refractivity contribution in [2.75, 3.05) is 35.6 Å². The Bertz CT molecular complexity index is 771. The Labute approximate surface area is 170 Å². The molecule has 27 heavy (non-hydrogen) atoms. The Morgan fingerprint density at radius 3 is 2.67 bits per heavy atom. The normalized spacial score (nSPS) is 13.0. The molecule has 1 aliphatic heterocycles. The minimum absolute atomic E-state index is 0. The van der Waals surface area contributed by atoms with Crippen molar-refractivity contribution in [3.63, 3.8) is 0 Å². The van der Waals surface area contributed by atoms with E-state index in [0.29, 0.717) is 37.3 Å². The number of pyridine rings is 1. The van der Waals surface area contributed by atoms with Crippen LogP contribution in [0.3, 0.4) is 0 Å². The highest BCUT2D eigenvalue weighted by Crippen LogP contribution is 2.16. The molecule has 0 saturated carbocycles. The summed E-state index contributed by atoms with van der Waals surface area (Å²) in [5.74, 6) is 0.630. The summed E-state index contributed by atoms with van der Waals surface area (Å²) in [4.78, 5) is 29.7. The minimum Gasteiger partial charge on any atom is -0.399 e. The van der Waals surface area contributed by atoms with Crippen molar-refractivity contribution < 1.29 is 9.59 Å². The molecule has 0 atom stereocenters. The average Bonchev–Trinajstić information content (AvgIpc) is 2.62. The number of benzene rings is 1. The van der Waals surface area contributed by atoms with Crippen LogP contribution in [0.4, 0.5) is 17.2 Å². The largest absolute Gasteiger partial charge is 0.399 e. The lowest BCUT2D eigenvalue weighted by Crippen LogP contribution is -2.48. The first-order valence-corrected chi connectivity index (χ1v) is 8.23. The van der Waals surface area contributed by atoms with Crippen molar-refractivity contribution in [1.82, 2.24) is 10.3 Å². The van der Waals surface area contributed by atoms with Crippen molar-refractivity contribution in [3.8, 4) is 0 Å². The second-order valence-corrected chi connectivity index (χ2v) is 5.92. The minimum atomic E-state index is -0.0878. The number of aromatic nitrogens is 1.